The van der Waals surface area contributed by atoms with Crippen LogP contribution in [0.3, 0.4) is 0 Å². The van der Waals surface area contributed by atoms with Crippen LogP contribution in [0.2, 0.25) is 10.0 Å². The fourth-order valence-electron chi connectivity index (χ4n) is 2.76. The molecule has 2 heterocycles. The molecule has 0 saturated carbocycles. The van der Waals surface area contributed by atoms with E-state index in [1.165, 1.54) is 0 Å². The molecule has 3 N–H and O–H groups in total. The van der Waals surface area contributed by atoms with Crippen LogP contribution in [0.4, 0.5) is 5.95 Å². The lowest BCUT2D eigenvalue weighted by Gasteiger charge is -2.21. The number of imidazole rings is 1. The molecule has 1 aliphatic heterocycles. The lowest BCUT2D eigenvalue weighted by molar-refractivity contribution is -0.0284. The van der Waals surface area contributed by atoms with Crippen LogP contribution in [0.25, 0.3) is 11.0 Å². The third-order valence-corrected chi connectivity index (χ3v) is 4.70. The normalized spacial score (nSPS) is 28.0. The Morgan fingerprint density at radius 2 is 1.96 bits per heavy atom. The van der Waals surface area contributed by atoms with Crippen LogP contribution in [-0.4, -0.2) is 44.1 Å². The highest BCUT2D eigenvalue weighted by atomic mass is 35.5. The van der Waals surface area contributed by atoms with Crippen molar-refractivity contribution in [1.29, 1.82) is 0 Å². The second kappa shape index (κ2) is 6.11. The standard InChI is InChI=1S/C15H19Cl2N3O3/c1-6(2)18-15-19-11-9(5-4-8(16)10(11)17)20(15)14-13(22)12(21)7(3)23-14/h4-7,12-14,21-22H,1-3H3,(H,18,19)/t7-,12-,13-,14-/m1/s1. The van der Waals surface area contributed by atoms with Crippen molar-refractivity contribution in [3.63, 3.8) is 0 Å². The Morgan fingerprint density at radius 3 is 2.52 bits per heavy atom. The summed E-state index contributed by atoms with van der Waals surface area (Å²) in [6.45, 7) is 5.66. The van der Waals surface area contributed by atoms with E-state index in [4.69, 9.17) is 27.9 Å². The molecule has 3 rings (SSSR count). The summed E-state index contributed by atoms with van der Waals surface area (Å²) < 4.78 is 7.45. The number of hydrogen-bond acceptors (Lipinski definition) is 5. The van der Waals surface area contributed by atoms with Gasteiger partial charge in [-0.3, -0.25) is 4.57 Å². The summed E-state index contributed by atoms with van der Waals surface area (Å²) in [4.78, 5) is 4.51. The van der Waals surface area contributed by atoms with Crippen LogP contribution in [0, 0.1) is 0 Å². The Labute approximate surface area is 144 Å². The SMILES string of the molecule is CC(C)Nc1nc2c(Cl)c(Cl)ccc2n1[C@@H]1O[C@H](C)[C@@H](O)[C@H]1O. The van der Waals surface area contributed by atoms with Gasteiger partial charge < -0.3 is 20.3 Å². The Balaban J connectivity index is 2.19. The van der Waals surface area contributed by atoms with Crippen molar-refractivity contribution < 1.29 is 14.9 Å². The largest absolute Gasteiger partial charge is 0.388 e. The number of nitrogens with zero attached hydrogens (tertiary/aromatic N) is 2. The molecule has 8 heteroatoms. The van der Waals surface area contributed by atoms with Gasteiger partial charge in [-0.2, -0.15) is 0 Å². The van der Waals surface area contributed by atoms with Crippen LogP contribution in [0.5, 0.6) is 0 Å². The molecule has 1 fully saturated rings. The molecule has 0 amide bonds. The van der Waals surface area contributed by atoms with Crippen molar-refractivity contribution >= 4 is 40.2 Å². The molecule has 2 aromatic rings. The average Bonchev–Trinajstić information content (AvgIpc) is 2.95. The van der Waals surface area contributed by atoms with E-state index in [0.717, 1.165) is 0 Å². The third kappa shape index (κ3) is 2.79. The zero-order chi connectivity index (χ0) is 16.9. The number of aromatic nitrogens is 2. The number of anilines is 1. The zero-order valence-corrected chi connectivity index (χ0v) is 14.5. The van der Waals surface area contributed by atoms with Crippen molar-refractivity contribution in [3.8, 4) is 0 Å². The molecule has 0 radical (unpaired) electrons. The lowest BCUT2D eigenvalue weighted by Crippen LogP contribution is -2.31. The number of ether oxygens (including phenoxy) is 1. The van der Waals surface area contributed by atoms with E-state index in [1.807, 2.05) is 13.8 Å². The first kappa shape index (κ1) is 16.8. The summed E-state index contributed by atoms with van der Waals surface area (Å²) in [6.07, 6.45) is -3.28. The van der Waals surface area contributed by atoms with E-state index in [-0.39, 0.29) is 6.04 Å². The predicted molar refractivity (Wildman–Crippen MR) is 90.1 cm³/mol. The van der Waals surface area contributed by atoms with Gasteiger partial charge in [0.05, 0.1) is 21.7 Å². The van der Waals surface area contributed by atoms with Gasteiger partial charge in [-0.1, -0.05) is 23.2 Å². The molecule has 1 saturated heterocycles. The number of benzene rings is 1. The molecule has 126 valence electrons. The molecule has 0 unspecified atom stereocenters. The van der Waals surface area contributed by atoms with Crippen LogP contribution < -0.4 is 5.32 Å². The smallest absolute Gasteiger partial charge is 0.206 e. The van der Waals surface area contributed by atoms with Gasteiger partial charge in [0.25, 0.3) is 0 Å². The topological polar surface area (TPSA) is 79.5 Å². The van der Waals surface area contributed by atoms with Crippen molar-refractivity contribution in [2.24, 2.45) is 0 Å². The van der Waals surface area contributed by atoms with E-state index in [1.54, 1.807) is 23.6 Å². The number of aliphatic hydroxyl groups is 2. The minimum Gasteiger partial charge on any atom is -0.388 e. The Morgan fingerprint density at radius 1 is 1.26 bits per heavy atom. The summed E-state index contributed by atoms with van der Waals surface area (Å²) in [5, 5.41) is 24.3. The maximum Gasteiger partial charge on any atom is 0.206 e. The maximum absolute atomic E-state index is 10.3. The quantitative estimate of drug-likeness (QED) is 0.785. The number of hydrogen-bond donors (Lipinski definition) is 3. The van der Waals surface area contributed by atoms with Crippen molar-refractivity contribution in [2.45, 2.75) is 51.4 Å². The van der Waals surface area contributed by atoms with Gasteiger partial charge in [-0.15, -0.1) is 0 Å². The molecule has 1 aromatic heterocycles. The molecule has 1 aromatic carbocycles. The molecule has 0 spiro atoms. The first-order valence-corrected chi connectivity index (χ1v) is 8.21. The highest BCUT2D eigenvalue weighted by molar-refractivity contribution is 6.45. The average molecular weight is 360 g/mol. The van der Waals surface area contributed by atoms with Crippen molar-refractivity contribution in [3.05, 3.63) is 22.2 Å². The van der Waals surface area contributed by atoms with Crippen LogP contribution in [-0.2, 0) is 4.74 Å². The first-order valence-electron chi connectivity index (χ1n) is 7.45. The number of nitrogens with one attached hydrogen (secondary N) is 1. The second-order valence-corrected chi connectivity index (χ2v) is 6.83. The number of aliphatic hydroxyl groups excluding tert-OH is 2. The maximum atomic E-state index is 10.3. The minimum absolute atomic E-state index is 0.112. The van der Waals surface area contributed by atoms with Gasteiger partial charge >= 0.3 is 0 Å². The minimum atomic E-state index is -1.07. The fourth-order valence-corrected chi connectivity index (χ4v) is 3.12. The number of rotatable bonds is 3. The summed E-state index contributed by atoms with van der Waals surface area (Å²) in [5.41, 5.74) is 1.19. The molecular weight excluding hydrogens is 341 g/mol. The summed E-state index contributed by atoms with van der Waals surface area (Å²) in [6, 6.07) is 3.55. The fraction of sp³-hybridized carbons (Fsp3) is 0.533. The zero-order valence-electron chi connectivity index (χ0n) is 13.0. The molecule has 0 bridgehead atoms. The number of fused-ring (bicyclic) bond motifs is 1. The van der Waals surface area contributed by atoms with Crippen molar-refractivity contribution in [2.75, 3.05) is 5.32 Å². The Kier molecular flexibility index (Phi) is 4.46. The van der Waals surface area contributed by atoms with Gasteiger partial charge in [0.1, 0.15) is 17.7 Å². The van der Waals surface area contributed by atoms with Crippen LogP contribution in [0.1, 0.15) is 27.0 Å². The summed E-state index contributed by atoms with van der Waals surface area (Å²) in [5.74, 6) is 0.504. The Bertz CT molecular complexity index is 734. The number of halogens is 2. The van der Waals surface area contributed by atoms with E-state index in [0.29, 0.717) is 27.0 Å². The van der Waals surface area contributed by atoms with E-state index < -0.39 is 24.5 Å². The van der Waals surface area contributed by atoms with E-state index in [9.17, 15) is 10.2 Å². The van der Waals surface area contributed by atoms with Gasteiger partial charge in [-0.05, 0) is 32.9 Å². The first-order chi connectivity index (χ1) is 10.8. The highest BCUT2D eigenvalue weighted by Gasteiger charge is 2.43. The van der Waals surface area contributed by atoms with Gasteiger partial charge in [0, 0.05) is 6.04 Å². The molecule has 23 heavy (non-hydrogen) atoms. The Hall–Kier alpha value is -1.05. The predicted octanol–water partition coefficient (Wildman–Crippen LogP) is 2.80. The van der Waals surface area contributed by atoms with E-state index >= 15 is 0 Å². The van der Waals surface area contributed by atoms with E-state index in [2.05, 4.69) is 10.3 Å². The molecule has 0 aliphatic carbocycles. The third-order valence-electron chi connectivity index (χ3n) is 3.90. The van der Waals surface area contributed by atoms with Crippen molar-refractivity contribution in [1.82, 2.24) is 9.55 Å². The lowest BCUT2D eigenvalue weighted by atomic mass is 10.1. The molecule has 1 aliphatic rings. The highest BCUT2D eigenvalue weighted by Crippen LogP contribution is 2.38. The summed E-state index contributed by atoms with van der Waals surface area (Å²) >= 11 is 12.3. The molecule has 6 nitrogen and oxygen atoms in total. The second-order valence-electron chi connectivity index (χ2n) is 6.05. The summed E-state index contributed by atoms with van der Waals surface area (Å²) in [7, 11) is 0. The van der Waals surface area contributed by atoms with Gasteiger partial charge in [-0.25, -0.2) is 4.98 Å². The van der Waals surface area contributed by atoms with Crippen LogP contribution in [0.15, 0.2) is 12.1 Å². The van der Waals surface area contributed by atoms with Crippen LogP contribution >= 0.6 is 23.2 Å². The van der Waals surface area contributed by atoms with Gasteiger partial charge in [0.2, 0.25) is 5.95 Å². The molecular formula is C15H19Cl2N3O3. The monoisotopic (exact) mass is 359 g/mol. The molecule has 4 atom stereocenters. The van der Waals surface area contributed by atoms with Gasteiger partial charge in [0.15, 0.2) is 6.23 Å².